The summed E-state index contributed by atoms with van der Waals surface area (Å²) >= 11 is 0. The van der Waals surface area contributed by atoms with Gasteiger partial charge in [0.2, 0.25) is 5.91 Å². The van der Waals surface area contributed by atoms with Gasteiger partial charge in [0.1, 0.15) is 17.6 Å². The summed E-state index contributed by atoms with van der Waals surface area (Å²) in [6, 6.07) is 16.8. The highest BCUT2D eigenvalue weighted by Crippen LogP contribution is 2.35. The fourth-order valence-electron chi connectivity index (χ4n) is 3.59. The number of aryl methyl sites for hydroxylation is 1. The van der Waals surface area contributed by atoms with Crippen LogP contribution in [0, 0.1) is 0 Å². The fraction of sp³-hybridized carbons (Fsp3) is 0.409. The Morgan fingerprint density at radius 3 is 2.52 bits per heavy atom. The normalized spacial score (nSPS) is 19.7. The first-order chi connectivity index (χ1) is 12.9. The van der Waals surface area contributed by atoms with Gasteiger partial charge in [0.15, 0.2) is 0 Å². The molecule has 2 aromatic rings. The minimum atomic E-state index is -0.821. The number of hydrogen-bond acceptors (Lipinski definition) is 4. The fourth-order valence-corrected chi connectivity index (χ4v) is 3.59. The van der Waals surface area contributed by atoms with Crippen LogP contribution in [0.3, 0.4) is 0 Å². The quantitative estimate of drug-likeness (QED) is 0.849. The number of aliphatic hydroxyl groups is 1. The van der Waals surface area contributed by atoms with Crippen molar-refractivity contribution >= 4 is 5.91 Å². The number of amides is 1. The molecule has 1 amide bonds. The second kappa shape index (κ2) is 8.11. The van der Waals surface area contributed by atoms with Crippen molar-refractivity contribution < 1.29 is 19.4 Å². The second-order valence-corrected chi connectivity index (χ2v) is 7.29. The van der Waals surface area contributed by atoms with Crippen molar-refractivity contribution in [2.45, 2.75) is 44.6 Å². The molecule has 0 radical (unpaired) electrons. The van der Waals surface area contributed by atoms with Crippen molar-refractivity contribution in [2.24, 2.45) is 0 Å². The van der Waals surface area contributed by atoms with Gasteiger partial charge in [-0.3, -0.25) is 4.79 Å². The molecule has 1 fully saturated rings. The molecule has 0 bridgehead atoms. The standard InChI is InChI=1S/C22H27NO4/c1-22(2)23(20(24)14-9-16-7-5-4-6-8-16)19(15-27-22)21(25)17-10-12-18(26-3)13-11-17/h4-8,10-13,19,21,25H,9,14-15H2,1-3H3/t19?,21-/m1/s1. The summed E-state index contributed by atoms with van der Waals surface area (Å²) < 4.78 is 11.0. The van der Waals surface area contributed by atoms with Crippen LogP contribution in [0.15, 0.2) is 54.6 Å². The molecule has 3 rings (SSSR count). The van der Waals surface area contributed by atoms with E-state index in [1.807, 2.05) is 56.3 Å². The van der Waals surface area contributed by atoms with Crippen molar-refractivity contribution in [1.82, 2.24) is 4.90 Å². The zero-order chi connectivity index (χ0) is 19.4. The molecule has 0 spiro atoms. The largest absolute Gasteiger partial charge is 0.497 e. The van der Waals surface area contributed by atoms with Crippen molar-refractivity contribution in [3.63, 3.8) is 0 Å². The van der Waals surface area contributed by atoms with Gasteiger partial charge < -0.3 is 19.5 Å². The Balaban J connectivity index is 1.74. The molecule has 144 valence electrons. The molecular weight excluding hydrogens is 342 g/mol. The van der Waals surface area contributed by atoms with Gasteiger partial charge in [-0.05, 0) is 43.5 Å². The van der Waals surface area contributed by atoms with Crippen molar-refractivity contribution in [3.8, 4) is 5.75 Å². The van der Waals surface area contributed by atoms with Crippen LogP contribution in [-0.2, 0) is 16.0 Å². The van der Waals surface area contributed by atoms with Crippen LogP contribution in [0.5, 0.6) is 5.75 Å². The van der Waals surface area contributed by atoms with E-state index in [1.54, 1.807) is 24.1 Å². The van der Waals surface area contributed by atoms with Gasteiger partial charge >= 0.3 is 0 Å². The molecule has 2 atom stereocenters. The smallest absolute Gasteiger partial charge is 0.225 e. The van der Waals surface area contributed by atoms with Gasteiger partial charge in [0.25, 0.3) is 0 Å². The van der Waals surface area contributed by atoms with Crippen LogP contribution in [0.25, 0.3) is 0 Å². The monoisotopic (exact) mass is 369 g/mol. The Hall–Kier alpha value is -2.37. The molecule has 0 saturated carbocycles. The van der Waals surface area contributed by atoms with Gasteiger partial charge in [0.05, 0.1) is 19.8 Å². The zero-order valence-electron chi connectivity index (χ0n) is 16.1. The van der Waals surface area contributed by atoms with E-state index >= 15 is 0 Å². The number of nitrogens with zero attached hydrogens (tertiary/aromatic N) is 1. The molecule has 1 aliphatic heterocycles. The first-order valence-corrected chi connectivity index (χ1v) is 9.24. The van der Waals surface area contributed by atoms with E-state index in [2.05, 4.69) is 0 Å². The summed E-state index contributed by atoms with van der Waals surface area (Å²) in [6.45, 7) is 4.04. The molecule has 1 saturated heterocycles. The van der Waals surface area contributed by atoms with E-state index < -0.39 is 17.9 Å². The van der Waals surface area contributed by atoms with E-state index in [-0.39, 0.29) is 5.91 Å². The van der Waals surface area contributed by atoms with Crippen LogP contribution in [0.4, 0.5) is 0 Å². The van der Waals surface area contributed by atoms with E-state index in [0.29, 0.717) is 19.4 Å². The van der Waals surface area contributed by atoms with Crippen LogP contribution < -0.4 is 4.74 Å². The van der Waals surface area contributed by atoms with E-state index in [0.717, 1.165) is 16.9 Å². The molecule has 0 aliphatic carbocycles. The van der Waals surface area contributed by atoms with Crippen molar-refractivity contribution in [1.29, 1.82) is 0 Å². The Morgan fingerprint density at radius 2 is 1.89 bits per heavy atom. The summed E-state index contributed by atoms with van der Waals surface area (Å²) in [6.07, 6.45) is 0.221. The van der Waals surface area contributed by atoms with Gasteiger partial charge in [-0.15, -0.1) is 0 Å². The highest BCUT2D eigenvalue weighted by Gasteiger charge is 2.46. The first kappa shape index (κ1) is 19.4. The molecule has 5 heteroatoms. The predicted molar refractivity (Wildman–Crippen MR) is 103 cm³/mol. The molecule has 1 unspecified atom stereocenters. The minimum absolute atomic E-state index is 0.0149. The third-order valence-corrected chi connectivity index (χ3v) is 5.08. The number of hydrogen-bond donors (Lipinski definition) is 1. The lowest BCUT2D eigenvalue weighted by Crippen LogP contribution is -2.49. The first-order valence-electron chi connectivity index (χ1n) is 9.24. The lowest BCUT2D eigenvalue weighted by Gasteiger charge is -2.35. The summed E-state index contributed by atoms with van der Waals surface area (Å²) in [7, 11) is 1.60. The lowest BCUT2D eigenvalue weighted by atomic mass is 10.00. The molecule has 5 nitrogen and oxygen atoms in total. The van der Waals surface area contributed by atoms with Gasteiger partial charge in [-0.1, -0.05) is 42.5 Å². The maximum absolute atomic E-state index is 13.0. The molecule has 1 heterocycles. The Morgan fingerprint density at radius 1 is 1.22 bits per heavy atom. The number of methoxy groups -OCH3 is 1. The average molecular weight is 369 g/mol. The second-order valence-electron chi connectivity index (χ2n) is 7.29. The maximum Gasteiger partial charge on any atom is 0.225 e. The van der Waals surface area contributed by atoms with Crippen molar-refractivity contribution in [3.05, 3.63) is 65.7 Å². The van der Waals surface area contributed by atoms with Gasteiger partial charge in [0, 0.05) is 6.42 Å². The number of benzene rings is 2. The topological polar surface area (TPSA) is 59.0 Å². The summed E-state index contributed by atoms with van der Waals surface area (Å²) in [5.74, 6) is 0.712. The van der Waals surface area contributed by atoms with E-state index in [4.69, 9.17) is 9.47 Å². The summed E-state index contributed by atoms with van der Waals surface area (Å²) in [4.78, 5) is 14.7. The highest BCUT2D eigenvalue weighted by molar-refractivity contribution is 5.78. The molecule has 1 N–H and O–H groups in total. The average Bonchev–Trinajstić information content (AvgIpc) is 3.01. The predicted octanol–water partition coefficient (Wildman–Crippen LogP) is 3.32. The lowest BCUT2D eigenvalue weighted by molar-refractivity contribution is -0.148. The van der Waals surface area contributed by atoms with Crippen LogP contribution in [-0.4, -0.2) is 41.4 Å². The number of carbonyl (C=O) groups is 1. The van der Waals surface area contributed by atoms with E-state index in [1.165, 1.54) is 0 Å². The molecule has 1 aliphatic rings. The maximum atomic E-state index is 13.0. The van der Waals surface area contributed by atoms with Crippen LogP contribution in [0.1, 0.15) is 37.5 Å². The summed E-state index contributed by atoms with van der Waals surface area (Å²) in [5, 5.41) is 10.9. The van der Waals surface area contributed by atoms with Crippen LogP contribution in [0.2, 0.25) is 0 Å². The number of ether oxygens (including phenoxy) is 2. The third-order valence-electron chi connectivity index (χ3n) is 5.08. The SMILES string of the molecule is COc1ccc([C@@H](O)C2COC(C)(C)N2C(=O)CCc2ccccc2)cc1. The van der Waals surface area contributed by atoms with Gasteiger partial charge in [-0.2, -0.15) is 0 Å². The molecular formula is C22H27NO4. The minimum Gasteiger partial charge on any atom is -0.497 e. The molecule has 27 heavy (non-hydrogen) atoms. The van der Waals surface area contributed by atoms with Crippen LogP contribution >= 0.6 is 0 Å². The number of carbonyl (C=O) groups excluding carboxylic acids is 1. The summed E-state index contributed by atoms with van der Waals surface area (Å²) in [5.41, 5.74) is 1.12. The Labute approximate surface area is 160 Å². The Kier molecular flexibility index (Phi) is 5.82. The number of rotatable bonds is 6. The van der Waals surface area contributed by atoms with Crippen molar-refractivity contribution in [2.75, 3.05) is 13.7 Å². The molecule has 2 aromatic carbocycles. The zero-order valence-corrected chi connectivity index (χ0v) is 16.1. The van der Waals surface area contributed by atoms with Gasteiger partial charge in [-0.25, -0.2) is 0 Å². The molecule has 0 aromatic heterocycles. The number of aliphatic hydroxyl groups excluding tert-OH is 1. The van der Waals surface area contributed by atoms with E-state index in [9.17, 15) is 9.90 Å². The third kappa shape index (κ3) is 4.31. The Bertz CT molecular complexity index is 758. The highest BCUT2D eigenvalue weighted by atomic mass is 16.5.